The third kappa shape index (κ3) is 6.79. The fraction of sp³-hybridized carbons (Fsp3) is 0.824. The molecule has 0 spiro atoms. The predicted octanol–water partition coefficient (Wildman–Crippen LogP) is 4.74. The molecule has 0 bridgehead atoms. The van der Waals surface area contributed by atoms with E-state index in [2.05, 4.69) is 27.4 Å². The summed E-state index contributed by atoms with van der Waals surface area (Å²) in [6.07, 6.45) is 6.90. The highest BCUT2D eigenvalue weighted by atomic mass is 16.5. The number of carbonyl (C=O) groups excluding carboxylic acids is 1. The van der Waals surface area contributed by atoms with Crippen molar-refractivity contribution < 1.29 is 9.53 Å². The van der Waals surface area contributed by atoms with E-state index in [1.54, 1.807) is 0 Å². The maximum Gasteiger partial charge on any atom is 0.309 e. The second-order valence-electron chi connectivity index (χ2n) is 7.29. The number of carbonyl (C=O) groups is 1. The highest BCUT2D eigenvalue weighted by Crippen LogP contribution is 2.36. The van der Waals surface area contributed by atoms with Crippen molar-refractivity contribution in [1.82, 2.24) is 0 Å². The highest BCUT2D eigenvalue weighted by Gasteiger charge is 2.27. The van der Waals surface area contributed by atoms with Crippen LogP contribution in [0.2, 0.25) is 0 Å². The Hall–Kier alpha value is -0.790. The van der Waals surface area contributed by atoms with Gasteiger partial charge >= 0.3 is 5.97 Å². The molecule has 1 fully saturated rings. The van der Waals surface area contributed by atoms with Crippen molar-refractivity contribution in [3.8, 4) is 0 Å². The molecule has 1 rings (SSSR count). The molecule has 0 N–H and O–H groups in total. The Morgan fingerprint density at radius 1 is 1.26 bits per heavy atom. The number of ether oxygens (including phenoxy) is 1. The number of rotatable bonds is 6. The van der Waals surface area contributed by atoms with Crippen LogP contribution in [0, 0.1) is 17.3 Å². The van der Waals surface area contributed by atoms with Gasteiger partial charge in [-0.1, -0.05) is 58.6 Å². The van der Waals surface area contributed by atoms with Crippen LogP contribution in [0.5, 0.6) is 0 Å². The third-order valence-corrected chi connectivity index (χ3v) is 4.05. The fourth-order valence-electron chi connectivity index (χ4n) is 2.95. The van der Waals surface area contributed by atoms with E-state index in [9.17, 15) is 4.79 Å². The first-order chi connectivity index (χ1) is 8.78. The zero-order valence-electron chi connectivity index (χ0n) is 13.1. The Morgan fingerprint density at radius 3 is 2.37 bits per heavy atom. The SMILES string of the molecule is C=C(C)CC(=O)OCC(C)(C)CC1CCC(C)CC1. The summed E-state index contributed by atoms with van der Waals surface area (Å²) in [5.74, 6) is 1.57. The van der Waals surface area contributed by atoms with Gasteiger partial charge in [0, 0.05) is 0 Å². The lowest BCUT2D eigenvalue weighted by Gasteiger charge is -2.33. The highest BCUT2D eigenvalue weighted by molar-refractivity contribution is 5.72. The molecule has 0 unspecified atom stereocenters. The van der Waals surface area contributed by atoms with E-state index < -0.39 is 0 Å². The van der Waals surface area contributed by atoms with Gasteiger partial charge < -0.3 is 4.74 Å². The predicted molar refractivity (Wildman–Crippen MR) is 79.9 cm³/mol. The minimum absolute atomic E-state index is 0.0932. The van der Waals surface area contributed by atoms with Gasteiger partial charge in [0.25, 0.3) is 0 Å². The standard InChI is InChI=1S/C17H30O2/c1-13(2)10-16(18)19-12-17(4,5)11-15-8-6-14(3)7-9-15/h14-15H,1,6-12H2,2-5H3. The summed E-state index contributed by atoms with van der Waals surface area (Å²) in [6.45, 7) is 12.9. The van der Waals surface area contributed by atoms with E-state index in [0.29, 0.717) is 13.0 Å². The van der Waals surface area contributed by atoms with E-state index >= 15 is 0 Å². The molecule has 110 valence electrons. The number of esters is 1. The Labute approximate surface area is 118 Å². The van der Waals surface area contributed by atoms with Crippen molar-refractivity contribution in [2.75, 3.05) is 6.61 Å². The lowest BCUT2D eigenvalue weighted by molar-refractivity contribution is -0.146. The first-order valence-corrected chi connectivity index (χ1v) is 7.58. The van der Waals surface area contributed by atoms with Crippen molar-refractivity contribution in [2.24, 2.45) is 17.3 Å². The van der Waals surface area contributed by atoms with Crippen molar-refractivity contribution in [3.63, 3.8) is 0 Å². The summed E-state index contributed by atoms with van der Waals surface area (Å²) >= 11 is 0. The molecule has 0 amide bonds. The van der Waals surface area contributed by atoms with Gasteiger partial charge in [0.2, 0.25) is 0 Å². The topological polar surface area (TPSA) is 26.3 Å². The summed E-state index contributed by atoms with van der Waals surface area (Å²) < 4.78 is 5.38. The lowest BCUT2D eigenvalue weighted by Crippen LogP contribution is -2.26. The van der Waals surface area contributed by atoms with Crippen molar-refractivity contribution in [2.45, 2.75) is 66.2 Å². The molecular weight excluding hydrogens is 236 g/mol. The molecule has 1 aliphatic rings. The van der Waals surface area contributed by atoms with Crippen LogP contribution in [0.3, 0.4) is 0 Å². The minimum Gasteiger partial charge on any atom is -0.465 e. The summed E-state index contributed by atoms with van der Waals surface area (Å²) in [5, 5.41) is 0. The summed E-state index contributed by atoms with van der Waals surface area (Å²) in [7, 11) is 0. The third-order valence-electron chi connectivity index (χ3n) is 4.05. The van der Waals surface area contributed by atoms with Crippen molar-refractivity contribution >= 4 is 5.97 Å². The minimum atomic E-state index is -0.141. The summed E-state index contributed by atoms with van der Waals surface area (Å²) in [5.41, 5.74) is 0.958. The Balaban J connectivity index is 2.30. The van der Waals surface area contributed by atoms with Crippen LogP contribution in [-0.4, -0.2) is 12.6 Å². The maximum atomic E-state index is 11.6. The largest absolute Gasteiger partial charge is 0.465 e. The summed E-state index contributed by atoms with van der Waals surface area (Å²) in [6, 6.07) is 0. The average molecular weight is 266 g/mol. The van der Waals surface area contributed by atoms with Gasteiger partial charge in [0.05, 0.1) is 13.0 Å². The van der Waals surface area contributed by atoms with Crippen molar-refractivity contribution in [3.05, 3.63) is 12.2 Å². The molecule has 2 nitrogen and oxygen atoms in total. The normalized spacial score (nSPS) is 24.0. The van der Waals surface area contributed by atoms with Crippen LogP contribution in [0.1, 0.15) is 66.2 Å². The molecule has 0 atom stereocenters. The van der Waals surface area contributed by atoms with Crippen LogP contribution in [-0.2, 0) is 9.53 Å². The Morgan fingerprint density at radius 2 is 1.84 bits per heavy atom. The number of hydrogen-bond acceptors (Lipinski definition) is 2. The van der Waals surface area contributed by atoms with Gasteiger partial charge in [-0.15, -0.1) is 0 Å². The smallest absolute Gasteiger partial charge is 0.309 e. The van der Waals surface area contributed by atoms with Gasteiger partial charge in [-0.25, -0.2) is 0 Å². The van der Waals surface area contributed by atoms with E-state index in [-0.39, 0.29) is 11.4 Å². The molecule has 1 saturated carbocycles. The quantitative estimate of drug-likeness (QED) is 0.513. The molecule has 0 aliphatic heterocycles. The summed E-state index contributed by atoms with van der Waals surface area (Å²) in [4.78, 5) is 11.6. The van der Waals surface area contributed by atoms with Crippen LogP contribution in [0.25, 0.3) is 0 Å². The molecule has 2 heteroatoms. The average Bonchev–Trinajstić information content (AvgIpc) is 2.29. The molecule has 0 saturated heterocycles. The van der Waals surface area contributed by atoms with Gasteiger partial charge in [-0.05, 0) is 30.6 Å². The second kappa shape index (κ2) is 7.12. The van der Waals surface area contributed by atoms with E-state index in [0.717, 1.165) is 17.4 Å². The van der Waals surface area contributed by atoms with Crippen LogP contribution in [0.4, 0.5) is 0 Å². The van der Waals surface area contributed by atoms with Crippen molar-refractivity contribution in [1.29, 1.82) is 0 Å². The molecule has 0 heterocycles. The molecule has 0 aromatic carbocycles. The fourth-order valence-corrected chi connectivity index (χ4v) is 2.95. The first kappa shape index (κ1) is 16.3. The van der Waals surface area contributed by atoms with Crippen LogP contribution in [0.15, 0.2) is 12.2 Å². The Bertz CT molecular complexity index is 309. The maximum absolute atomic E-state index is 11.6. The first-order valence-electron chi connectivity index (χ1n) is 7.58. The molecule has 0 radical (unpaired) electrons. The van der Waals surface area contributed by atoms with E-state index in [4.69, 9.17) is 4.74 Å². The van der Waals surface area contributed by atoms with Gasteiger partial charge in [-0.2, -0.15) is 0 Å². The molecule has 0 aromatic rings. The van der Waals surface area contributed by atoms with Crippen LogP contribution < -0.4 is 0 Å². The zero-order chi connectivity index (χ0) is 14.5. The van der Waals surface area contributed by atoms with Gasteiger partial charge in [-0.3, -0.25) is 4.79 Å². The molecule has 1 aliphatic carbocycles. The molecule has 19 heavy (non-hydrogen) atoms. The molecular formula is C17H30O2. The Kier molecular flexibility index (Phi) is 6.09. The number of hydrogen-bond donors (Lipinski definition) is 0. The lowest BCUT2D eigenvalue weighted by atomic mass is 9.74. The van der Waals surface area contributed by atoms with Gasteiger partial charge in [0.15, 0.2) is 0 Å². The van der Waals surface area contributed by atoms with Gasteiger partial charge in [0.1, 0.15) is 0 Å². The van der Waals surface area contributed by atoms with E-state index in [1.165, 1.54) is 32.1 Å². The zero-order valence-corrected chi connectivity index (χ0v) is 13.1. The second-order valence-corrected chi connectivity index (χ2v) is 7.29. The monoisotopic (exact) mass is 266 g/mol. The van der Waals surface area contributed by atoms with E-state index in [1.807, 2.05) is 6.92 Å². The van der Waals surface area contributed by atoms with Crippen LogP contribution >= 0.6 is 0 Å². The molecule has 0 aromatic heterocycles.